The fraction of sp³-hybridized carbons (Fsp3) is 0.733. The highest BCUT2D eigenvalue weighted by Crippen LogP contribution is 2.22. The van der Waals surface area contributed by atoms with Gasteiger partial charge >= 0.3 is 0 Å². The fourth-order valence-corrected chi connectivity index (χ4v) is 2.85. The lowest BCUT2D eigenvalue weighted by atomic mass is 10.0. The van der Waals surface area contributed by atoms with Crippen molar-refractivity contribution in [2.45, 2.75) is 57.8 Å². The van der Waals surface area contributed by atoms with Crippen LogP contribution in [-0.4, -0.2) is 46.9 Å². The third-order valence-electron chi connectivity index (χ3n) is 3.82. The summed E-state index contributed by atoms with van der Waals surface area (Å²) >= 11 is 0. The lowest BCUT2D eigenvalue weighted by Crippen LogP contribution is -2.41. The van der Waals surface area contributed by atoms with Gasteiger partial charge in [-0.25, -0.2) is 0 Å². The molecule has 2 atom stereocenters. The van der Waals surface area contributed by atoms with Crippen LogP contribution < -0.4 is 0 Å². The summed E-state index contributed by atoms with van der Waals surface area (Å²) in [5.74, 6) is 0.427. The third-order valence-corrected chi connectivity index (χ3v) is 3.82. The maximum Gasteiger partial charge on any atom is 0.276 e. The first-order chi connectivity index (χ1) is 10.1. The summed E-state index contributed by atoms with van der Waals surface area (Å²) in [7, 11) is 1.57. The third kappa shape index (κ3) is 4.28. The second kappa shape index (κ2) is 7.56. The van der Waals surface area contributed by atoms with Gasteiger partial charge < -0.3 is 19.3 Å². The van der Waals surface area contributed by atoms with E-state index in [0.717, 1.165) is 25.7 Å². The molecule has 1 aromatic rings. The minimum atomic E-state index is -0.412. The van der Waals surface area contributed by atoms with Crippen molar-refractivity contribution in [3.8, 4) is 0 Å². The summed E-state index contributed by atoms with van der Waals surface area (Å²) in [4.78, 5) is 14.5. The molecule has 6 heteroatoms. The molecule has 6 nitrogen and oxygen atoms in total. The Hall–Kier alpha value is -1.40. The Morgan fingerprint density at radius 1 is 1.57 bits per heavy atom. The van der Waals surface area contributed by atoms with Crippen LogP contribution in [0.25, 0.3) is 0 Å². The van der Waals surface area contributed by atoms with Crippen LogP contribution in [0.2, 0.25) is 0 Å². The standard InChI is InChI=1S/C15H24N2O4/c1-11(18)8-12-6-4-3-5-7-17(12)15(19)14-9-13(10-20-2)21-16-14/h9,11-12,18H,3-8,10H2,1-2H3. The number of hydrogen-bond acceptors (Lipinski definition) is 5. The summed E-state index contributed by atoms with van der Waals surface area (Å²) in [6, 6.07) is 1.71. The lowest BCUT2D eigenvalue weighted by molar-refractivity contribution is 0.0597. The number of aliphatic hydroxyl groups is 1. The SMILES string of the molecule is COCc1cc(C(=O)N2CCCCCC2CC(C)O)no1. The topological polar surface area (TPSA) is 75.8 Å². The van der Waals surface area contributed by atoms with E-state index in [1.54, 1.807) is 20.1 Å². The molecule has 0 aromatic carbocycles. The molecule has 0 radical (unpaired) electrons. The molecule has 118 valence electrons. The van der Waals surface area contributed by atoms with Crippen molar-refractivity contribution in [3.05, 3.63) is 17.5 Å². The van der Waals surface area contributed by atoms with Crippen LogP contribution in [0.5, 0.6) is 0 Å². The monoisotopic (exact) mass is 296 g/mol. The number of carbonyl (C=O) groups is 1. The van der Waals surface area contributed by atoms with E-state index in [1.807, 2.05) is 4.90 Å². The summed E-state index contributed by atoms with van der Waals surface area (Å²) in [5.41, 5.74) is 0.319. The average Bonchev–Trinajstić information content (AvgIpc) is 2.78. The molecule has 2 heterocycles. The molecule has 0 spiro atoms. The van der Waals surface area contributed by atoms with E-state index < -0.39 is 6.10 Å². The summed E-state index contributed by atoms with van der Waals surface area (Å²) in [6.07, 6.45) is 4.33. The van der Waals surface area contributed by atoms with Crippen LogP contribution in [0.3, 0.4) is 0 Å². The van der Waals surface area contributed by atoms with Gasteiger partial charge in [-0.3, -0.25) is 4.79 Å². The Morgan fingerprint density at radius 3 is 3.10 bits per heavy atom. The molecule has 0 bridgehead atoms. The van der Waals surface area contributed by atoms with E-state index in [2.05, 4.69) is 5.16 Å². The highest BCUT2D eigenvalue weighted by Gasteiger charge is 2.29. The van der Waals surface area contributed by atoms with Crippen molar-refractivity contribution in [1.82, 2.24) is 10.1 Å². The van der Waals surface area contributed by atoms with Crippen molar-refractivity contribution in [2.75, 3.05) is 13.7 Å². The van der Waals surface area contributed by atoms with Crippen LogP contribution in [0.15, 0.2) is 10.6 Å². The van der Waals surface area contributed by atoms with Gasteiger partial charge in [-0.2, -0.15) is 0 Å². The number of rotatable bonds is 5. The van der Waals surface area contributed by atoms with Crippen molar-refractivity contribution < 1.29 is 19.2 Å². The molecule has 1 N–H and O–H groups in total. The predicted molar refractivity (Wildman–Crippen MR) is 76.8 cm³/mol. The van der Waals surface area contributed by atoms with E-state index in [1.165, 1.54) is 0 Å². The quantitative estimate of drug-likeness (QED) is 0.899. The van der Waals surface area contributed by atoms with Gasteiger partial charge in [0.2, 0.25) is 0 Å². The second-order valence-electron chi connectivity index (χ2n) is 5.70. The lowest BCUT2D eigenvalue weighted by Gasteiger charge is -2.30. The molecule has 1 fully saturated rings. The summed E-state index contributed by atoms with van der Waals surface area (Å²) in [5, 5.41) is 13.5. The Bertz CT molecular complexity index is 458. The van der Waals surface area contributed by atoms with Gasteiger partial charge in [0.25, 0.3) is 5.91 Å². The first kappa shape index (κ1) is 16.0. The summed E-state index contributed by atoms with van der Waals surface area (Å²) in [6.45, 7) is 2.78. The van der Waals surface area contributed by atoms with E-state index in [-0.39, 0.29) is 11.9 Å². The number of methoxy groups -OCH3 is 1. The number of aliphatic hydroxyl groups excluding tert-OH is 1. The van der Waals surface area contributed by atoms with Crippen molar-refractivity contribution in [1.29, 1.82) is 0 Å². The first-order valence-electron chi connectivity index (χ1n) is 7.55. The normalized spacial score (nSPS) is 21.1. The molecular formula is C15H24N2O4. The molecule has 2 unspecified atom stereocenters. The largest absolute Gasteiger partial charge is 0.393 e. The van der Waals surface area contributed by atoms with Crippen LogP contribution in [0.1, 0.15) is 55.3 Å². The molecule has 21 heavy (non-hydrogen) atoms. The molecule has 1 aliphatic rings. The van der Waals surface area contributed by atoms with Crippen molar-refractivity contribution >= 4 is 5.91 Å². The van der Waals surface area contributed by atoms with E-state index in [4.69, 9.17) is 9.26 Å². The molecular weight excluding hydrogens is 272 g/mol. The van der Waals surface area contributed by atoms with Crippen LogP contribution >= 0.6 is 0 Å². The van der Waals surface area contributed by atoms with Crippen molar-refractivity contribution in [3.63, 3.8) is 0 Å². The minimum Gasteiger partial charge on any atom is -0.393 e. The predicted octanol–water partition coefficient (Wildman–Crippen LogP) is 1.98. The Balaban J connectivity index is 2.11. The van der Waals surface area contributed by atoms with Crippen molar-refractivity contribution in [2.24, 2.45) is 0 Å². The van der Waals surface area contributed by atoms with Gasteiger partial charge in [-0.1, -0.05) is 18.0 Å². The van der Waals surface area contributed by atoms with Gasteiger partial charge in [-0.15, -0.1) is 0 Å². The van der Waals surface area contributed by atoms with Gasteiger partial charge in [-0.05, 0) is 26.2 Å². The fourth-order valence-electron chi connectivity index (χ4n) is 2.85. The number of likely N-dealkylation sites (tertiary alicyclic amines) is 1. The molecule has 0 saturated carbocycles. The molecule has 0 aliphatic carbocycles. The number of hydrogen-bond donors (Lipinski definition) is 1. The summed E-state index contributed by atoms with van der Waals surface area (Å²) < 4.78 is 10.1. The molecule has 1 saturated heterocycles. The Morgan fingerprint density at radius 2 is 2.38 bits per heavy atom. The van der Waals surface area contributed by atoms with E-state index in [9.17, 15) is 9.90 Å². The van der Waals surface area contributed by atoms with E-state index in [0.29, 0.717) is 31.0 Å². The van der Waals surface area contributed by atoms with Gasteiger partial charge in [0, 0.05) is 25.8 Å². The number of nitrogens with zero attached hydrogens (tertiary/aromatic N) is 2. The number of carbonyl (C=O) groups excluding carboxylic acids is 1. The molecule has 2 rings (SSSR count). The van der Waals surface area contributed by atoms with Crippen LogP contribution in [0.4, 0.5) is 0 Å². The van der Waals surface area contributed by atoms with Gasteiger partial charge in [0.05, 0.1) is 6.10 Å². The Kier molecular flexibility index (Phi) is 5.76. The molecule has 1 aliphatic heterocycles. The zero-order valence-corrected chi connectivity index (χ0v) is 12.7. The first-order valence-corrected chi connectivity index (χ1v) is 7.55. The average molecular weight is 296 g/mol. The molecule has 1 aromatic heterocycles. The van der Waals surface area contributed by atoms with Crippen LogP contribution in [0, 0.1) is 0 Å². The number of aromatic nitrogens is 1. The Labute approximate surface area is 125 Å². The highest BCUT2D eigenvalue weighted by molar-refractivity contribution is 5.92. The minimum absolute atomic E-state index is 0.0718. The number of amides is 1. The van der Waals surface area contributed by atoms with E-state index >= 15 is 0 Å². The zero-order chi connectivity index (χ0) is 15.2. The zero-order valence-electron chi connectivity index (χ0n) is 12.7. The smallest absolute Gasteiger partial charge is 0.276 e. The number of ether oxygens (including phenoxy) is 1. The highest BCUT2D eigenvalue weighted by atomic mass is 16.5. The van der Waals surface area contributed by atoms with Gasteiger partial charge in [0.1, 0.15) is 6.61 Å². The van der Waals surface area contributed by atoms with Gasteiger partial charge in [0.15, 0.2) is 11.5 Å². The molecule has 1 amide bonds. The maximum absolute atomic E-state index is 12.6. The second-order valence-corrected chi connectivity index (χ2v) is 5.70. The maximum atomic E-state index is 12.6. The van der Waals surface area contributed by atoms with Crippen LogP contribution in [-0.2, 0) is 11.3 Å².